The lowest BCUT2D eigenvalue weighted by Crippen LogP contribution is -1.92. The van der Waals surface area contributed by atoms with Crippen molar-refractivity contribution < 1.29 is 0 Å². The van der Waals surface area contributed by atoms with Gasteiger partial charge in [-0.05, 0) is 5.92 Å². The van der Waals surface area contributed by atoms with Gasteiger partial charge in [0.15, 0.2) is 0 Å². The van der Waals surface area contributed by atoms with Gasteiger partial charge in [0.1, 0.15) is 0 Å². The quantitative estimate of drug-likeness (QED) is 0.520. The molecule has 0 amide bonds. The molecule has 0 heterocycles. The number of rotatable bonds is 6. The van der Waals surface area contributed by atoms with Crippen LogP contribution in [0.5, 0.6) is 0 Å². The van der Waals surface area contributed by atoms with Crippen LogP contribution in [0.2, 0.25) is 0 Å². The molecule has 0 aliphatic carbocycles. The van der Waals surface area contributed by atoms with Gasteiger partial charge in [-0.2, -0.15) is 6.42 Å². The van der Waals surface area contributed by atoms with Crippen LogP contribution < -0.4 is 0 Å². The summed E-state index contributed by atoms with van der Waals surface area (Å²) in [4.78, 5) is 0. The van der Waals surface area contributed by atoms with E-state index in [-0.39, 0.29) is 0 Å². The summed E-state index contributed by atoms with van der Waals surface area (Å²) in [6, 6.07) is 0. The average molecular weight is 167 g/mol. The molecule has 0 nitrogen and oxygen atoms in total. The van der Waals surface area contributed by atoms with E-state index in [9.17, 15) is 0 Å². The number of allylic oxidation sites excluding steroid dienone is 2. The summed E-state index contributed by atoms with van der Waals surface area (Å²) in [7, 11) is 0. The molecule has 0 N–H and O–H groups in total. The molecule has 12 heavy (non-hydrogen) atoms. The fourth-order valence-corrected chi connectivity index (χ4v) is 1.29. The Kier molecular flexibility index (Phi) is 7.23. The van der Waals surface area contributed by atoms with E-state index in [1.165, 1.54) is 19.3 Å². The molecule has 0 aromatic carbocycles. The Bertz CT molecular complexity index is 111. The van der Waals surface area contributed by atoms with Crippen LogP contribution in [0.25, 0.3) is 0 Å². The van der Waals surface area contributed by atoms with Crippen molar-refractivity contribution in [3.05, 3.63) is 12.2 Å². The summed E-state index contributed by atoms with van der Waals surface area (Å²) in [6.07, 6.45) is 10.6. The van der Waals surface area contributed by atoms with Gasteiger partial charge in [-0.3, -0.25) is 6.08 Å². The first kappa shape index (κ1) is 11.7. The van der Waals surface area contributed by atoms with Crippen LogP contribution in [0.1, 0.15) is 53.4 Å². The van der Waals surface area contributed by atoms with Crippen molar-refractivity contribution >= 4 is 0 Å². The zero-order valence-corrected chi connectivity index (χ0v) is 9.06. The highest BCUT2D eigenvalue weighted by molar-refractivity contribution is 4.77. The molecule has 0 aliphatic rings. The van der Waals surface area contributed by atoms with Crippen LogP contribution in [0.4, 0.5) is 0 Å². The Balaban J connectivity index is 3.30. The second-order valence-corrected chi connectivity index (χ2v) is 4.05. The third-order valence-corrected chi connectivity index (χ3v) is 2.01. The van der Waals surface area contributed by atoms with Crippen LogP contribution in [0.3, 0.4) is 0 Å². The van der Waals surface area contributed by atoms with Crippen LogP contribution in [0, 0.1) is 17.9 Å². The fraction of sp³-hybridized carbons (Fsp3) is 0.833. The molecule has 0 aromatic rings. The number of hydrogen-bond donors (Lipinski definition) is 0. The Hall–Kier alpha value is -0.260. The minimum atomic E-state index is 0.659. The molecule has 0 saturated carbocycles. The summed E-state index contributed by atoms with van der Waals surface area (Å²) < 4.78 is 0. The molecule has 0 radical (unpaired) electrons. The first-order valence-corrected chi connectivity index (χ1v) is 5.23. The van der Waals surface area contributed by atoms with Crippen LogP contribution >= 0.6 is 0 Å². The predicted octanol–water partition coefficient (Wildman–Crippen LogP) is 4.22. The predicted molar refractivity (Wildman–Crippen MR) is 56.0 cm³/mol. The smallest absolute Gasteiger partial charge is 0.0466 e. The highest BCUT2D eigenvalue weighted by Gasteiger charge is 1.94. The van der Waals surface area contributed by atoms with Crippen molar-refractivity contribution in [2.24, 2.45) is 11.8 Å². The molecule has 0 saturated heterocycles. The molecule has 0 aromatic heterocycles. The third-order valence-electron chi connectivity index (χ3n) is 2.01. The largest absolute Gasteiger partial charge is 0.500 e. The summed E-state index contributed by atoms with van der Waals surface area (Å²) in [5.41, 5.74) is 0. The second kappa shape index (κ2) is 7.39. The van der Waals surface area contributed by atoms with E-state index < -0.39 is 0 Å². The molecule has 0 aliphatic heterocycles. The van der Waals surface area contributed by atoms with Gasteiger partial charge in [0.05, 0.1) is 0 Å². The highest BCUT2D eigenvalue weighted by Crippen LogP contribution is 2.12. The van der Waals surface area contributed by atoms with Crippen molar-refractivity contribution in [1.29, 1.82) is 0 Å². The molecule has 0 heteroatoms. The maximum Gasteiger partial charge on any atom is -0.0466 e. The van der Waals surface area contributed by atoms with Crippen LogP contribution in [-0.2, 0) is 0 Å². The van der Waals surface area contributed by atoms with E-state index in [4.69, 9.17) is 0 Å². The third kappa shape index (κ3) is 7.84. The van der Waals surface area contributed by atoms with Crippen molar-refractivity contribution in [3.63, 3.8) is 0 Å². The highest BCUT2D eigenvalue weighted by atomic mass is 14.0. The van der Waals surface area contributed by atoms with Gasteiger partial charge in [-0.15, -0.1) is 0 Å². The summed E-state index contributed by atoms with van der Waals surface area (Å²) >= 11 is 0. The fourth-order valence-electron chi connectivity index (χ4n) is 1.29. The Morgan fingerprint density at radius 3 is 2.33 bits per heavy atom. The SMILES string of the molecule is CCCC(C)CC[C-]=CC(C)C. The molecule has 0 rings (SSSR count). The van der Waals surface area contributed by atoms with E-state index in [1.54, 1.807) is 0 Å². The molecule has 72 valence electrons. The molecule has 0 bridgehead atoms. The first-order chi connectivity index (χ1) is 5.66. The average Bonchev–Trinajstić information content (AvgIpc) is 1.98. The van der Waals surface area contributed by atoms with Gasteiger partial charge >= 0.3 is 0 Å². The second-order valence-electron chi connectivity index (χ2n) is 4.05. The normalized spacial score (nSPS) is 14.4. The van der Waals surface area contributed by atoms with E-state index in [1.807, 2.05) is 0 Å². The van der Waals surface area contributed by atoms with Gasteiger partial charge in [0.25, 0.3) is 0 Å². The van der Waals surface area contributed by atoms with Crippen molar-refractivity contribution in [2.45, 2.75) is 53.4 Å². The van der Waals surface area contributed by atoms with E-state index in [0.717, 1.165) is 12.3 Å². The van der Waals surface area contributed by atoms with Gasteiger partial charge in [0, 0.05) is 0 Å². The first-order valence-electron chi connectivity index (χ1n) is 5.23. The Morgan fingerprint density at radius 2 is 1.83 bits per heavy atom. The lowest BCUT2D eigenvalue weighted by molar-refractivity contribution is 0.487. The van der Waals surface area contributed by atoms with Gasteiger partial charge in [-0.25, -0.2) is 0 Å². The Labute approximate surface area is 78.1 Å². The standard InChI is InChI=1S/C12H23/c1-5-8-12(4)10-7-6-9-11(2)3/h9,11-12H,5,7-8,10H2,1-4H3/q-1. The molecule has 0 fully saturated rings. The van der Waals surface area contributed by atoms with E-state index in [2.05, 4.69) is 39.8 Å². The van der Waals surface area contributed by atoms with Gasteiger partial charge in [-0.1, -0.05) is 52.9 Å². The Morgan fingerprint density at radius 1 is 1.17 bits per heavy atom. The van der Waals surface area contributed by atoms with Crippen LogP contribution in [0.15, 0.2) is 6.08 Å². The molecule has 0 spiro atoms. The van der Waals surface area contributed by atoms with Gasteiger partial charge in [0.2, 0.25) is 0 Å². The van der Waals surface area contributed by atoms with E-state index in [0.29, 0.717) is 5.92 Å². The molecule has 1 atom stereocenters. The number of hydrogen-bond acceptors (Lipinski definition) is 0. The van der Waals surface area contributed by atoms with Crippen LogP contribution in [-0.4, -0.2) is 0 Å². The van der Waals surface area contributed by atoms with Crippen molar-refractivity contribution in [2.75, 3.05) is 0 Å². The summed E-state index contributed by atoms with van der Waals surface area (Å²) in [5.74, 6) is 1.54. The minimum Gasteiger partial charge on any atom is -0.500 e. The van der Waals surface area contributed by atoms with Crippen molar-refractivity contribution in [3.8, 4) is 0 Å². The lowest BCUT2D eigenvalue weighted by atomic mass is 10.00. The van der Waals surface area contributed by atoms with E-state index >= 15 is 0 Å². The monoisotopic (exact) mass is 167 g/mol. The van der Waals surface area contributed by atoms with Crippen molar-refractivity contribution in [1.82, 2.24) is 0 Å². The lowest BCUT2D eigenvalue weighted by Gasteiger charge is -2.13. The topological polar surface area (TPSA) is 0 Å². The maximum atomic E-state index is 3.35. The molecule has 1 unspecified atom stereocenters. The zero-order valence-electron chi connectivity index (χ0n) is 9.06. The summed E-state index contributed by atoms with van der Waals surface area (Å²) in [5, 5.41) is 0. The maximum absolute atomic E-state index is 3.35. The minimum absolute atomic E-state index is 0.659. The summed E-state index contributed by atoms with van der Waals surface area (Å²) in [6.45, 7) is 8.98. The molecular formula is C12H23-. The van der Waals surface area contributed by atoms with Gasteiger partial charge < -0.3 is 6.08 Å². The molecular weight excluding hydrogens is 144 g/mol. The zero-order chi connectivity index (χ0) is 9.40.